The Morgan fingerprint density at radius 2 is 1.02 bits per heavy atom. The minimum Gasteiger partial charge on any atom is -0.308 e. The zero-order valence-corrected chi connectivity index (χ0v) is 25.7. The van der Waals surface area contributed by atoms with Gasteiger partial charge in [0.1, 0.15) is 12.1 Å². The molecule has 0 atom stereocenters. The first-order chi connectivity index (χ1) is 23.2. The molecule has 0 unspecified atom stereocenters. The van der Waals surface area contributed by atoms with Crippen molar-refractivity contribution in [2.45, 2.75) is 0 Å². The van der Waals surface area contributed by atoms with Gasteiger partial charge in [-0.2, -0.15) is 10.5 Å². The Kier molecular flexibility index (Phi) is 5.26. The topological polar surface area (TPSA) is 57.4 Å². The minimum atomic E-state index is 0.503. The summed E-state index contributed by atoms with van der Waals surface area (Å²) in [5, 5.41) is 30.7. The molecule has 47 heavy (non-hydrogen) atoms. The van der Waals surface area contributed by atoms with Crippen LogP contribution in [-0.2, 0) is 0 Å². The summed E-state index contributed by atoms with van der Waals surface area (Å²) in [5.41, 5.74) is 6.41. The van der Waals surface area contributed by atoms with Gasteiger partial charge in [-0.1, -0.05) is 84.9 Å². The normalized spacial score (nSPS) is 11.8. The van der Waals surface area contributed by atoms with E-state index in [0.29, 0.717) is 22.5 Å². The summed E-state index contributed by atoms with van der Waals surface area (Å²) in [7, 11) is 0. The van der Waals surface area contributed by atoms with Gasteiger partial charge in [0.15, 0.2) is 0 Å². The van der Waals surface area contributed by atoms with Crippen molar-refractivity contribution in [1.29, 1.82) is 10.5 Å². The Hall–Kier alpha value is -6.40. The van der Waals surface area contributed by atoms with Crippen LogP contribution in [0.2, 0.25) is 0 Å². The third-order valence-corrected chi connectivity index (χ3v) is 10.7. The predicted molar refractivity (Wildman–Crippen MR) is 195 cm³/mol. The first-order valence-corrected chi connectivity index (χ1v) is 16.3. The van der Waals surface area contributed by atoms with E-state index < -0.39 is 0 Å². The van der Waals surface area contributed by atoms with Crippen molar-refractivity contribution in [2.75, 3.05) is 0 Å². The SMILES string of the molecule is N#Cc1cc(-n2c3ccccc3c3c4ccccc4ccc32)c(C#N)cc1-n1c2ccccc2c2cc3sc4ccccc4c3cc21. The summed E-state index contributed by atoms with van der Waals surface area (Å²) in [4.78, 5) is 0. The van der Waals surface area contributed by atoms with Crippen molar-refractivity contribution in [2.24, 2.45) is 0 Å². The molecule has 0 aliphatic heterocycles. The molecule has 0 radical (unpaired) electrons. The van der Waals surface area contributed by atoms with E-state index in [2.05, 4.69) is 130 Å². The van der Waals surface area contributed by atoms with E-state index in [1.165, 1.54) is 20.2 Å². The molecule has 0 amide bonds. The molecule has 0 saturated carbocycles. The smallest absolute Gasteiger partial charge is 0.101 e. The summed E-state index contributed by atoms with van der Waals surface area (Å²) in [6.07, 6.45) is 0. The summed E-state index contributed by atoms with van der Waals surface area (Å²) in [6, 6.07) is 51.1. The van der Waals surface area contributed by atoms with Crippen LogP contribution >= 0.6 is 11.3 Å². The minimum absolute atomic E-state index is 0.503. The van der Waals surface area contributed by atoms with Gasteiger partial charge in [0, 0.05) is 41.7 Å². The highest BCUT2D eigenvalue weighted by atomic mass is 32.1. The van der Waals surface area contributed by atoms with Crippen LogP contribution in [0.15, 0.2) is 133 Å². The first kappa shape index (κ1) is 25.9. The van der Waals surface area contributed by atoms with E-state index in [1.54, 1.807) is 11.3 Å². The maximum Gasteiger partial charge on any atom is 0.101 e. The molecule has 0 fully saturated rings. The Bertz CT molecular complexity index is 3050. The highest BCUT2D eigenvalue weighted by molar-refractivity contribution is 7.25. The Balaban J connectivity index is 1.31. The van der Waals surface area contributed by atoms with Crippen molar-refractivity contribution in [1.82, 2.24) is 9.13 Å². The number of hydrogen-bond donors (Lipinski definition) is 0. The fraction of sp³-hybridized carbons (Fsp3) is 0. The molecule has 0 N–H and O–H groups in total. The molecule has 0 saturated heterocycles. The number of fused-ring (bicyclic) bond motifs is 11. The molecule has 0 bridgehead atoms. The first-order valence-electron chi connectivity index (χ1n) is 15.5. The molecule has 0 aliphatic rings. The van der Waals surface area contributed by atoms with Crippen molar-refractivity contribution in [3.63, 3.8) is 0 Å². The van der Waals surface area contributed by atoms with Crippen LogP contribution in [0.3, 0.4) is 0 Å². The summed E-state index contributed by atoms with van der Waals surface area (Å²) >= 11 is 1.80. The average Bonchev–Trinajstić information content (AvgIpc) is 3.77. The van der Waals surface area contributed by atoms with E-state index in [1.807, 2.05) is 24.3 Å². The van der Waals surface area contributed by atoms with E-state index >= 15 is 0 Å². The fourth-order valence-electron chi connectivity index (χ4n) is 7.57. The maximum absolute atomic E-state index is 10.7. The lowest BCUT2D eigenvalue weighted by Gasteiger charge is -2.15. The van der Waals surface area contributed by atoms with Gasteiger partial charge in [0.2, 0.25) is 0 Å². The zero-order chi connectivity index (χ0) is 31.2. The number of aromatic nitrogens is 2. The quantitative estimate of drug-likeness (QED) is 0.194. The number of para-hydroxylation sites is 2. The van der Waals surface area contributed by atoms with Crippen molar-refractivity contribution in [3.8, 4) is 23.5 Å². The molecule has 3 aromatic heterocycles. The Labute approximate surface area is 272 Å². The number of nitriles is 2. The van der Waals surface area contributed by atoms with Gasteiger partial charge in [0.05, 0.1) is 44.6 Å². The highest BCUT2D eigenvalue weighted by Crippen LogP contribution is 2.42. The van der Waals surface area contributed by atoms with E-state index in [9.17, 15) is 10.5 Å². The van der Waals surface area contributed by atoms with Crippen LogP contribution in [0.4, 0.5) is 0 Å². The van der Waals surface area contributed by atoms with Gasteiger partial charge in [-0.3, -0.25) is 0 Å². The third kappa shape index (κ3) is 3.49. The van der Waals surface area contributed by atoms with E-state index in [0.717, 1.165) is 54.4 Å². The van der Waals surface area contributed by atoms with Crippen LogP contribution in [0.25, 0.3) is 85.9 Å². The molecule has 7 aromatic carbocycles. The molecule has 10 aromatic rings. The molecular formula is C42H22N4S. The maximum atomic E-state index is 10.7. The van der Waals surface area contributed by atoms with Crippen LogP contribution in [0.1, 0.15) is 11.1 Å². The largest absolute Gasteiger partial charge is 0.308 e. The third-order valence-electron chi connectivity index (χ3n) is 9.57. The van der Waals surface area contributed by atoms with E-state index in [4.69, 9.17) is 0 Å². The molecule has 4 nitrogen and oxygen atoms in total. The zero-order valence-electron chi connectivity index (χ0n) is 24.9. The van der Waals surface area contributed by atoms with Crippen molar-refractivity contribution >= 4 is 85.9 Å². The lowest BCUT2D eigenvalue weighted by Crippen LogP contribution is -2.04. The molecule has 216 valence electrons. The van der Waals surface area contributed by atoms with Crippen LogP contribution in [-0.4, -0.2) is 9.13 Å². The van der Waals surface area contributed by atoms with Crippen LogP contribution in [0, 0.1) is 22.7 Å². The van der Waals surface area contributed by atoms with E-state index in [-0.39, 0.29) is 0 Å². The number of hydrogen-bond acceptors (Lipinski definition) is 3. The van der Waals surface area contributed by atoms with Gasteiger partial charge in [-0.05, 0) is 59.3 Å². The summed E-state index contributed by atoms with van der Waals surface area (Å²) in [6.45, 7) is 0. The predicted octanol–water partition coefficient (Wildman–Crippen LogP) is 11.1. The fourth-order valence-corrected chi connectivity index (χ4v) is 8.70. The highest BCUT2D eigenvalue weighted by Gasteiger charge is 2.22. The second-order valence-corrected chi connectivity index (χ2v) is 13.0. The second kappa shape index (κ2) is 9.55. The summed E-state index contributed by atoms with van der Waals surface area (Å²) < 4.78 is 6.79. The number of nitrogens with zero attached hydrogens (tertiary/aromatic N) is 4. The van der Waals surface area contributed by atoms with Crippen LogP contribution < -0.4 is 0 Å². The summed E-state index contributed by atoms with van der Waals surface area (Å²) in [5.74, 6) is 0. The monoisotopic (exact) mass is 614 g/mol. The lowest BCUT2D eigenvalue weighted by molar-refractivity contribution is 1.12. The Morgan fingerprint density at radius 3 is 1.77 bits per heavy atom. The van der Waals surface area contributed by atoms with Gasteiger partial charge in [-0.25, -0.2) is 0 Å². The molecular weight excluding hydrogens is 593 g/mol. The van der Waals surface area contributed by atoms with Gasteiger partial charge < -0.3 is 9.13 Å². The standard InChI is InChI=1S/C42H22N4S/c43-23-26-20-38(46-34-14-6-3-11-29(34)32-22-41-33(21-39(32)46)30-12-5-8-16-40(30)47-41)27(24-44)19-37(26)45-35-15-7-4-13-31(35)42-28-10-2-1-9-25(28)17-18-36(42)45/h1-22H. The number of rotatable bonds is 2. The van der Waals surface area contributed by atoms with Crippen molar-refractivity contribution in [3.05, 3.63) is 145 Å². The number of thiophene rings is 1. The second-order valence-electron chi connectivity index (χ2n) is 12.0. The number of benzene rings is 7. The molecule has 5 heteroatoms. The van der Waals surface area contributed by atoms with Gasteiger partial charge in [-0.15, -0.1) is 11.3 Å². The van der Waals surface area contributed by atoms with Gasteiger partial charge in [0.25, 0.3) is 0 Å². The average molecular weight is 615 g/mol. The molecule has 10 rings (SSSR count). The van der Waals surface area contributed by atoms with Crippen LogP contribution in [0.5, 0.6) is 0 Å². The Morgan fingerprint density at radius 1 is 0.426 bits per heavy atom. The van der Waals surface area contributed by atoms with Gasteiger partial charge >= 0.3 is 0 Å². The lowest BCUT2D eigenvalue weighted by atomic mass is 10.0. The molecule has 0 aliphatic carbocycles. The molecule has 3 heterocycles. The molecule has 0 spiro atoms. The van der Waals surface area contributed by atoms with Crippen molar-refractivity contribution < 1.29 is 0 Å².